The van der Waals surface area contributed by atoms with E-state index in [0.717, 1.165) is 0 Å². The summed E-state index contributed by atoms with van der Waals surface area (Å²) in [6.45, 7) is 8.28. The van der Waals surface area contributed by atoms with Crippen molar-refractivity contribution in [3.8, 4) is 11.5 Å². The molecule has 2 atom stereocenters. The molecule has 6 heteroatoms. The van der Waals surface area contributed by atoms with Gasteiger partial charge in [-0.1, -0.05) is 43.7 Å². The molecule has 1 aliphatic carbocycles. The third kappa shape index (κ3) is 4.74. The highest BCUT2D eigenvalue weighted by atomic mass is 16.5. The molecular weight excluding hydrogens is 392 g/mol. The van der Waals surface area contributed by atoms with Gasteiger partial charge in [-0.3, -0.25) is 9.59 Å². The van der Waals surface area contributed by atoms with E-state index in [9.17, 15) is 9.59 Å². The molecule has 3 rings (SSSR count). The van der Waals surface area contributed by atoms with Crippen LogP contribution in [0, 0.1) is 17.3 Å². The predicted molar refractivity (Wildman–Crippen MR) is 123 cm³/mol. The molecule has 1 saturated carbocycles. The lowest BCUT2D eigenvalue weighted by Gasteiger charge is -2.16. The molecule has 0 saturated heterocycles. The van der Waals surface area contributed by atoms with E-state index in [1.807, 2.05) is 19.9 Å². The first-order chi connectivity index (χ1) is 14.7. The Hall–Kier alpha value is -3.28. The van der Waals surface area contributed by atoms with Crippen LogP contribution in [-0.4, -0.2) is 26.0 Å². The maximum absolute atomic E-state index is 13.0. The van der Waals surface area contributed by atoms with Crippen LogP contribution in [0.4, 0.5) is 11.4 Å². The number of allylic oxidation sites excluding steroid dienone is 2. The van der Waals surface area contributed by atoms with Crippen LogP contribution in [0.15, 0.2) is 54.1 Å². The van der Waals surface area contributed by atoms with Crippen molar-refractivity contribution in [3.63, 3.8) is 0 Å². The van der Waals surface area contributed by atoms with Gasteiger partial charge in [0.15, 0.2) is 0 Å². The fourth-order valence-corrected chi connectivity index (χ4v) is 3.94. The van der Waals surface area contributed by atoms with Crippen LogP contribution < -0.4 is 20.1 Å². The Morgan fingerprint density at radius 1 is 0.935 bits per heavy atom. The molecule has 0 radical (unpaired) electrons. The number of nitrogens with one attached hydrogen (secondary N) is 2. The summed E-state index contributed by atoms with van der Waals surface area (Å²) in [6, 6.07) is 12.2. The molecule has 0 spiro atoms. The largest absolute Gasteiger partial charge is 0.494 e. The van der Waals surface area contributed by atoms with Crippen LogP contribution in [0.3, 0.4) is 0 Å². The Bertz CT molecular complexity index is 1010. The van der Waals surface area contributed by atoms with Crippen LogP contribution in [0.1, 0.15) is 38.1 Å². The van der Waals surface area contributed by atoms with Crippen molar-refractivity contribution >= 4 is 23.2 Å². The molecule has 1 aliphatic rings. The summed E-state index contributed by atoms with van der Waals surface area (Å²) < 4.78 is 10.9. The Labute approximate surface area is 183 Å². The lowest BCUT2D eigenvalue weighted by Crippen LogP contribution is -2.18. The molecule has 2 unspecified atom stereocenters. The minimum Gasteiger partial charge on any atom is -0.494 e. The van der Waals surface area contributed by atoms with Crippen molar-refractivity contribution in [2.45, 2.75) is 27.7 Å². The maximum Gasteiger partial charge on any atom is 0.255 e. The topological polar surface area (TPSA) is 76.7 Å². The molecule has 0 heterocycles. The number of carbonyl (C=O) groups is 2. The third-order valence-corrected chi connectivity index (χ3v) is 5.77. The van der Waals surface area contributed by atoms with Crippen LogP contribution in [0.5, 0.6) is 11.5 Å². The van der Waals surface area contributed by atoms with E-state index in [-0.39, 0.29) is 29.1 Å². The number of anilines is 2. The molecule has 2 aromatic rings. The lowest BCUT2D eigenvalue weighted by atomic mass is 10.1. The number of hydrogen-bond donors (Lipinski definition) is 2. The SMILES string of the molecule is COc1cc(NC(=O)C2C(C=C(C)C)C2(C)C)c(OC)cc1NC(=O)c1ccccc1. The Kier molecular flexibility index (Phi) is 6.39. The van der Waals surface area contributed by atoms with Gasteiger partial charge in [0.25, 0.3) is 5.91 Å². The summed E-state index contributed by atoms with van der Waals surface area (Å²) in [5.41, 5.74) is 2.59. The molecule has 0 aromatic heterocycles. The fraction of sp³-hybridized carbons (Fsp3) is 0.360. The van der Waals surface area contributed by atoms with Crippen molar-refractivity contribution in [2.75, 3.05) is 24.9 Å². The molecule has 2 aromatic carbocycles. The van der Waals surface area contributed by atoms with Gasteiger partial charge >= 0.3 is 0 Å². The third-order valence-electron chi connectivity index (χ3n) is 5.77. The summed E-state index contributed by atoms with van der Waals surface area (Å²) in [4.78, 5) is 25.5. The predicted octanol–water partition coefficient (Wildman–Crippen LogP) is 5.13. The molecule has 2 amide bonds. The van der Waals surface area contributed by atoms with Gasteiger partial charge in [-0.05, 0) is 37.3 Å². The lowest BCUT2D eigenvalue weighted by molar-refractivity contribution is -0.118. The first kappa shape index (κ1) is 22.4. The van der Waals surface area contributed by atoms with Crippen molar-refractivity contribution in [1.29, 1.82) is 0 Å². The van der Waals surface area contributed by atoms with Gasteiger partial charge in [0.1, 0.15) is 11.5 Å². The van der Waals surface area contributed by atoms with E-state index < -0.39 is 0 Å². The van der Waals surface area contributed by atoms with Crippen LogP contribution in [0.2, 0.25) is 0 Å². The molecule has 6 nitrogen and oxygen atoms in total. The van der Waals surface area contributed by atoms with Crippen LogP contribution >= 0.6 is 0 Å². The summed E-state index contributed by atoms with van der Waals surface area (Å²) in [5, 5.41) is 5.83. The standard InChI is InChI=1S/C25H30N2O4/c1-15(2)12-17-22(25(17,3)4)24(29)27-19-14-20(30-5)18(13-21(19)31-6)26-23(28)16-10-8-7-9-11-16/h7-14,17,22H,1-6H3,(H,26,28)(H,27,29). The molecular formula is C25H30N2O4. The number of benzene rings is 2. The average Bonchev–Trinajstić information content (AvgIpc) is 3.28. The highest BCUT2D eigenvalue weighted by Crippen LogP contribution is 2.59. The summed E-state index contributed by atoms with van der Waals surface area (Å²) in [6.07, 6.45) is 2.16. The first-order valence-corrected chi connectivity index (χ1v) is 10.3. The quantitative estimate of drug-likeness (QED) is 0.606. The van der Waals surface area contributed by atoms with Gasteiger partial charge < -0.3 is 20.1 Å². The van der Waals surface area contributed by atoms with Crippen LogP contribution in [-0.2, 0) is 4.79 Å². The number of carbonyl (C=O) groups excluding carboxylic acids is 2. The van der Waals surface area contributed by atoms with Gasteiger partial charge in [-0.25, -0.2) is 0 Å². The second-order valence-electron chi connectivity index (χ2n) is 8.63. The molecule has 2 N–H and O–H groups in total. The summed E-state index contributed by atoms with van der Waals surface area (Å²) >= 11 is 0. The molecule has 0 aliphatic heterocycles. The number of amides is 2. The Morgan fingerprint density at radius 2 is 1.48 bits per heavy atom. The van der Waals surface area contributed by atoms with Crippen molar-refractivity contribution in [1.82, 2.24) is 0 Å². The van der Waals surface area contributed by atoms with Gasteiger partial charge in [-0.15, -0.1) is 0 Å². The normalized spacial score (nSPS) is 18.5. The number of methoxy groups -OCH3 is 2. The van der Waals surface area contributed by atoms with E-state index in [1.165, 1.54) is 19.8 Å². The van der Waals surface area contributed by atoms with Crippen LogP contribution in [0.25, 0.3) is 0 Å². The first-order valence-electron chi connectivity index (χ1n) is 10.3. The minimum atomic E-state index is -0.262. The highest BCUT2D eigenvalue weighted by molar-refractivity contribution is 6.05. The second kappa shape index (κ2) is 8.84. The Morgan fingerprint density at radius 3 is 2.00 bits per heavy atom. The van der Waals surface area contributed by atoms with Gasteiger partial charge in [0.05, 0.1) is 31.5 Å². The van der Waals surface area contributed by atoms with Crippen molar-refractivity contribution in [3.05, 3.63) is 59.7 Å². The van der Waals surface area contributed by atoms with Gasteiger partial charge in [0.2, 0.25) is 5.91 Å². The average molecular weight is 423 g/mol. The van der Waals surface area contributed by atoms with Crippen molar-refractivity contribution in [2.24, 2.45) is 17.3 Å². The number of rotatable bonds is 7. The zero-order valence-electron chi connectivity index (χ0n) is 18.9. The zero-order valence-corrected chi connectivity index (χ0v) is 18.9. The Balaban J connectivity index is 1.83. The summed E-state index contributed by atoms with van der Waals surface area (Å²) in [7, 11) is 3.04. The van der Waals surface area contributed by atoms with E-state index in [2.05, 4.69) is 30.6 Å². The smallest absolute Gasteiger partial charge is 0.255 e. The highest BCUT2D eigenvalue weighted by Gasteiger charge is 2.60. The minimum absolute atomic E-state index is 0.0612. The van der Waals surface area contributed by atoms with E-state index >= 15 is 0 Å². The van der Waals surface area contributed by atoms with E-state index in [0.29, 0.717) is 28.4 Å². The summed E-state index contributed by atoms with van der Waals surface area (Å²) in [5.74, 6) is 0.632. The number of hydrogen-bond acceptors (Lipinski definition) is 4. The number of ether oxygens (including phenoxy) is 2. The fourth-order valence-electron chi connectivity index (χ4n) is 3.94. The van der Waals surface area contributed by atoms with E-state index in [1.54, 1.807) is 36.4 Å². The second-order valence-corrected chi connectivity index (χ2v) is 8.63. The van der Waals surface area contributed by atoms with E-state index in [4.69, 9.17) is 9.47 Å². The van der Waals surface area contributed by atoms with Gasteiger partial charge in [0, 0.05) is 17.7 Å². The monoisotopic (exact) mass is 422 g/mol. The molecule has 31 heavy (non-hydrogen) atoms. The maximum atomic E-state index is 13.0. The molecule has 0 bridgehead atoms. The molecule has 164 valence electrons. The zero-order chi connectivity index (χ0) is 22.8. The molecule has 1 fully saturated rings. The van der Waals surface area contributed by atoms with Gasteiger partial charge in [-0.2, -0.15) is 0 Å². The van der Waals surface area contributed by atoms with Crippen molar-refractivity contribution < 1.29 is 19.1 Å².